The van der Waals surface area contributed by atoms with Gasteiger partial charge in [-0.3, -0.25) is 0 Å². The Bertz CT molecular complexity index is 718. The quantitative estimate of drug-likeness (QED) is 0.779. The van der Waals surface area contributed by atoms with Gasteiger partial charge in [0.15, 0.2) is 0 Å². The molecule has 0 bridgehead atoms. The van der Waals surface area contributed by atoms with Gasteiger partial charge in [0, 0.05) is 11.4 Å². The largest absolute Gasteiger partial charge is 0.497 e. The molecule has 3 aromatic rings. The van der Waals surface area contributed by atoms with Crippen LogP contribution in [0, 0.1) is 0 Å². The number of ether oxygens (including phenoxy) is 1. The molecule has 0 atom stereocenters. The van der Waals surface area contributed by atoms with E-state index in [0.717, 1.165) is 5.75 Å². The summed E-state index contributed by atoms with van der Waals surface area (Å²) in [7, 11) is 1.69. The molecule has 0 aliphatic heterocycles. The van der Waals surface area contributed by atoms with Crippen molar-refractivity contribution in [1.82, 2.24) is 0 Å². The van der Waals surface area contributed by atoms with Gasteiger partial charge >= 0.3 is 0 Å². The average Bonchev–Trinajstić information content (AvgIpc) is 2.95. The zero-order valence-corrected chi connectivity index (χ0v) is 11.5. The summed E-state index contributed by atoms with van der Waals surface area (Å²) in [6, 6.07) is 14.8. The molecule has 1 aromatic heterocycles. The van der Waals surface area contributed by atoms with Crippen LogP contribution in [0.25, 0.3) is 21.9 Å². The van der Waals surface area contributed by atoms with Crippen molar-refractivity contribution in [1.29, 1.82) is 0 Å². The van der Waals surface area contributed by atoms with E-state index in [-0.39, 0.29) is 0 Å². The zero-order valence-electron chi connectivity index (χ0n) is 10.7. The molecule has 0 spiro atoms. The number of nitrogens with two attached hydrogens (primary N) is 1. The topological polar surface area (TPSA) is 35.2 Å². The monoisotopic (exact) mass is 269 g/mol. The SMILES string of the molecule is COc1ccc2cc(-c3csc(CN)c3)ccc2c1. The second-order valence-corrected chi connectivity index (χ2v) is 5.43. The molecule has 96 valence electrons. The molecule has 0 saturated heterocycles. The molecule has 0 radical (unpaired) electrons. The van der Waals surface area contributed by atoms with Crippen LogP contribution in [0.3, 0.4) is 0 Å². The molecule has 2 aromatic carbocycles. The van der Waals surface area contributed by atoms with Gasteiger partial charge in [-0.25, -0.2) is 0 Å². The summed E-state index contributed by atoms with van der Waals surface area (Å²) in [5, 5.41) is 4.57. The molecule has 0 unspecified atom stereocenters. The molecule has 0 fully saturated rings. The third-order valence-electron chi connectivity index (χ3n) is 3.24. The number of rotatable bonds is 3. The van der Waals surface area contributed by atoms with E-state index in [4.69, 9.17) is 10.5 Å². The third kappa shape index (κ3) is 2.35. The number of methoxy groups -OCH3 is 1. The van der Waals surface area contributed by atoms with E-state index in [9.17, 15) is 0 Å². The Balaban J connectivity index is 2.06. The van der Waals surface area contributed by atoms with Crippen molar-refractivity contribution in [3.8, 4) is 16.9 Å². The van der Waals surface area contributed by atoms with E-state index >= 15 is 0 Å². The lowest BCUT2D eigenvalue weighted by atomic mass is 10.0. The van der Waals surface area contributed by atoms with Gasteiger partial charge in [-0.15, -0.1) is 11.3 Å². The molecule has 2 N–H and O–H groups in total. The van der Waals surface area contributed by atoms with Gasteiger partial charge < -0.3 is 10.5 Å². The highest BCUT2D eigenvalue weighted by Gasteiger charge is 2.03. The van der Waals surface area contributed by atoms with Crippen molar-refractivity contribution in [2.45, 2.75) is 6.54 Å². The van der Waals surface area contributed by atoms with E-state index in [2.05, 4.69) is 41.8 Å². The molecule has 0 aliphatic rings. The maximum Gasteiger partial charge on any atom is 0.119 e. The second kappa shape index (κ2) is 5.03. The minimum absolute atomic E-state index is 0.607. The lowest BCUT2D eigenvalue weighted by Crippen LogP contribution is -1.91. The fraction of sp³-hybridized carbons (Fsp3) is 0.125. The summed E-state index contributed by atoms with van der Waals surface area (Å²) in [5.74, 6) is 0.890. The Morgan fingerprint density at radius 3 is 2.53 bits per heavy atom. The second-order valence-electron chi connectivity index (χ2n) is 4.43. The summed E-state index contributed by atoms with van der Waals surface area (Å²) in [6.45, 7) is 0.607. The van der Waals surface area contributed by atoms with Crippen LogP contribution < -0.4 is 10.5 Å². The summed E-state index contributed by atoms with van der Waals surface area (Å²) >= 11 is 1.71. The fourth-order valence-electron chi connectivity index (χ4n) is 2.17. The van der Waals surface area contributed by atoms with Crippen molar-refractivity contribution < 1.29 is 4.74 Å². The first-order chi connectivity index (χ1) is 9.30. The van der Waals surface area contributed by atoms with Crippen molar-refractivity contribution in [2.24, 2.45) is 5.73 Å². The Morgan fingerprint density at radius 2 is 1.79 bits per heavy atom. The van der Waals surface area contributed by atoms with Gasteiger partial charge in [0.1, 0.15) is 5.75 Å². The van der Waals surface area contributed by atoms with Gasteiger partial charge in [-0.2, -0.15) is 0 Å². The maximum absolute atomic E-state index is 5.66. The maximum atomic E-state index is 5.66. The molecule has 3 rings (SSSR count). The lowest BCUT2D eigenvalue weighted by Gasteiger charge is -2.04. The Kier molecular flexibility index (Phi) is 3.23. The van der Waals surface area contributed by atoms with Crippen molar-refractivity contribution >= 4 is 22.1 Å². The molecule has 0 amide bonds. The molecular weight excluding hydrogens is 254 g/mol. The van der Waals surface area contributed by atoms with Gasteiger partial charge in [0.2, 0.25) is 0 Å². The van der Waals surface area contributed by atoms with E-state index < -0.39 is 0 Å². The number of fused-ring (bicyclic) bond motifs is 1. The standard InChI is InChI=1S/C16H15NOS/c1-18-15-5-4-11-6-12(2-3-13(11)7-15)14-8-16(9-17)19-10-14/h2-8,10H,9,17H2,1H3. The van der Waals surface area contributed by atoms with Gasteiger partial charge in [0.25, 0.3) is 0 Å². The van der Waals surface area contributed by atoms with Crippen LogP contribution in [0.2, 0.25) is 0 Å². The third-order valence-corrected chi connectivity index (χ3v) is 4.19. The molecular formula is C16H15NOS. The zero-order chi connectivity index (χ0) is 13.2. The minimum Gasteiger partial charge on any atom is -0.497 e. The van der Waals surface area contributed by atoms with Crippen LogP contribution in [-0.4, -0.2) is 7.11 Å². The Labute approximate surface area is 116 Å². The minimum atomic E-state index is 0.607. The molecule has 0 aliphatic carbocycles. The predicted molar refractivity (Wildman–Crippen MR) is 81.7 cm³/mol. The number of benzene rings is 2. The highest BCUT2D eigenvalue weighted by atomic mass is 32.1. The average molecular weight is 269 g/mol. The highest BCUT2D eigenvalue weighted by Crippen LogP contribution is 2.29. The molecule has 1 heterocycles. The number of hydrogen-bond donors (Lipinski definition) is 1. The molecule has 2 nitrogen and oxygen atoms in total. The van der Waals surface area contributed by atoms with E-state index in [0.29, 0.717) is 6.54 Å². The van der Waals surface area contributed by atoms with Crippen molar-refractivity contribution in [3.63, 3.8) is 0 Å². The normalized spacial score (nSPS) is 10.8. The summed E-state index contributed by atoms with van der Waals surface area (Å²) in [4.78, 5) is 1.21. The van der Waals surface area contributed by atoms with Crippen LogP contribution in [0.4, 0.5) is 0 Å². The van der Waals surface area contributed by atoms with Crippen LogP contribution in [0.15, 0.2) is 47.8 Å². The molecule has 0 saturated carbocycles. The summed E-state index contributed by atoms with van der Waals surface area (Å²) < 4.78 is 5.24. The number of thiophene rings is 1. The smallest absolute Gasteiger partial charge is 0.119 e. The van der Waals surface area contributed by atoms with Gasteiger partial charge in [-0.1, -0.05) is 18.2 Å². The van der Waals surface area contributed by atoms with Crippen LogP contribution in [0.1, 0.15) is 4.88 Å². The molecule has 19 heavy (non-hydrogen) atoms. The van der Waals surface area contributed by atoms with Crippen molar-refractivity contribution in [2.75, 3.05) is 7.11 Å². The first kappa shape index (κ1) is 12.2. The summed E-state index contributed by atoms with van der Waals surface area (Å²) in [6.07, 6.45) is 0. The van der Waals surface area contributed by atoms with Crippen molar-refractivity contribution in [3.05, 3.63) is 52.7 Å². The fourth-order valence-corrected chi connectivity index (χ4v) is 2.94. The van der Waals surface area contributed by atoms with E-state index in [1.54, 1.807) is 18.4 Å². The van der Waals surface area contributed by atoms with Crippen LogP contribution in [0.5, 0.6) is 5.75 Å². The first-order valence-electron chi connectivity index (χ1n) is 6.16. The van der Waals surface area contributed by atoms with Crippen LogP contribution in [-0.2, 0) is 6.54 Å². The highest BCUT2D eigenvalue weighted by molar-refractivity contribution is 7.10. The van der Waals surface area contributed by atoms with E-state index in [1.807, 2.05) is 6.07 Å². The van der Waals surface area contributed by atoms with E-state index in [1.165, 1.54) is 26.8 Å². The number of hydrogen-bond acceptors (Lipinski definition) is 3. The first-order valence-corrected chi connectivity index (χ1v) is 7.04. The Morgan fingerprint density at radius 1 is 1.00 bits per heavy atom. The van der Waals surface area contributed by atoms with Gasteiger partial charge in [0.05, 0.1) is 7.11 Å². The van der Waals surface area contributed by atoms with Crippen LogP contribution >= 0.6 is 11.3 Å². The van der Waals surface area contributed by atoms with Gasteiger partial charge in [-0.05, 0) is 51.5 Å². The predicted octanol–water partition coefficient (Wildman–Crippen LogP) is 4.04. The summed E-state index contributed by atoms with van der Waals surface area (Å²) in [5.41, 5.74) is 8.13. The molecule has 3 heteroatoms. The lowest BCUT2D eigenvalue weighted by molar-refractivity contribution is 0.415. The Hall–Kier alpha value is -1.84.